The van der Waals surface area contributed by atoms with Crippen molar-refractivity contribution in [2.75, 3.05) is 16.0 Å². The molecular weight excluding hydrogens is 549 g/mol. The molecule has 3 N–H and O–H groups in total. The third-order valence-electron chi connectivity index (χ3n) is 6.64. The van der Waals surface area contributed by atoms with E-state index >= 15 is 0 Å². The molecule has 0 saturated heterocycles. The Hall–Kier alpha value is -4.87. The number of urea groups is 1. The Morgan fingerprint density at radius 3 is 2.43 bits per heavy atom. The number of rotatable bonds is 5. The third-order valence-corrected chi connectivity index (χ3v) is 6.64. The van der Waals surface area contributed by atoms with Crippen molar-refractivity contribution >= 4 is 29.3 Å². The Labute approximate surface area is 240 Å². The number of aryl methyl sites for hydroxylation is 1. The summed E-state index contributed by atoms with van der Waals surface area (Å²) >= 11 is 0. The number of halogens is 3. The number of benzene rings is 2. The Kier molecular flexibility index (Phi) is 7.40. The molecule has 2 aromatic heterocycles. The monoisotopic (exact) mass is 578 g/mol. The summed E-state index contributed by atoms with van der Waals surface area (Å²) < 4.78 is 49.7. The maximum atomic E-state index is 14.1. The van der Waals surface area contributed by atoms with Gasteiger partial charge in [0, 0.05) is 29.7 Å². The first-order chi connectivity index (χ1) is 19.8. The van der Waals surface area contributed by atoms with Gasteiger partial charge in [0.25, 0.3) is 0 Å². The normalized spacial score (nSPS) is 13.3. The molecule has 1 aliphatic rings. The van der Waals surface area contributed by atoms with Crippen LogP contribution in [0.5, 0.6) is 11.5 Å². The van der Waals surface area contributed by atoms with E-state index in [9.17, 15) is 22.8 Å². The number of alkyl halides is 3. The van der Waals surface area contributed by atoms with Gasteiger partial charge in [0.1, 0.15) is 23.1 Å². The Morgan fingerprint density at radius 1 is 1.00 bits per heavy atom. The number of carbonyl (C=O) groups excluding carboxylic acids is 2. The van der Waals surface area contributed by atoms with Gasteiger partial charge in [-0.15, -0.1) is 0 Å². The molecule has 0 unspecified atom stereocenters. The van der Waals surface area contributed by atoms with Crippen molar-refractivity contribution < 1.29 is 27.5 Å². The average molecular weight is 579 g/mol. The lowest BCUT2D eigenvalue weighted by molar-refractivity contribution is -0.137. The van der Waals surface area contributed by atoms with E-state index in [0.717, 1.165) is 17.7 Å². The minimum atomic E-state index is -4.79. The number of aromatic nitrogens is 3. The summed E-state index contributed by atoms with van der Waals surface area (Å²) in [5, 5.41) is 12.2. The van der Waals surface area contributed by atoms with Crippen LogP contribution in [0, 0.1) is 6.92 Å². The van der Waals surface area contributed by atoms with Crippen LogP contribution in [0.2, 0.25) is 0 Å². The van der Waals surface area contributed by atoms with Crippen molar-refractivity contribution in [1.29, 1.82) is 0 Å². The highest BCUT2D eigenvalue weighted by Crippen LogP contribution is 2.39. The molecule has 1 aliphatic heterocycles. The van der Waals surface area contributed by atoms with E-state index in [1.165, 1.54) is 18.3 Å². The molecule has 0 fully saturated rings. The SMILES string of the molecule is Cc1ccc(-n2nc(C(C)(C)C)cc2NC(=O)Nc2ccc(Oc3ccnc4c3CCC(=O)N4)cc2C(F)(F)F)cc1. The quantitative estimate of drug-likeness (QED) is 0.232. The van der Waals surface area contributed by atoms with Gasteiger partial charge >= 0.3 is 12.2 Å². The molecule has 0 saturated carbocycles. The molecule has 0 bridgehead atoms. The Morgan fingerprint density at radius 2 is 1.74 bits per heavy atom. The maximum absolute atomic E-state index is 14.1. The topological polar surface area (TPSA) is 110 Å². The number of fused-ring (bicyclic) bond motifs is 1. The van der Waals surface area contributed by atoms with Gasteiger partial charge in [-0.05, 0) is 49.7 Å². The minimum Gasteiger partial charge on any atom is -0.457 e. The van der Waals surface area contributed by atoms with E-state index in [-0.39, 0.29) is 29.2 Å². The van der Waals surface area contributed by atoms with E-state index in [0.29, 0.717) is 35.0 Å². The molecule has 0 aliphatic carbocycles. The fourth-order valence-corrected chi connectivity index (χ4v) is 4.40. The molecule has 218 valence electrons. The Bertz CT molecular complexity index is 1660. The van der Waals surface area contributed by atoms with Gasteiger partial charge in [-0.1, -0.05) is 38.5 Å². The van der Waals surface area contributed by atoms with Crippen LogP contribution in [-0.4, -0.2) is 26.7 Å². The van der Waals surface area contributed by atoms with Crippen LogP contribution in [-0.2, 0) is 22.8 Å². The molecule has 0 atom stereocenters. The number of hydrogen-bond acceptors (Lipinski definition) is 5. The molecule has 4 aromatic rings. The predicted octanol–water partition coefficient (Wildman–Crippen LogP) is 7.21. The highest BCUT2D eigenvalue weighted by atomic mass is 19.4. The predicted molar refractivity (Wildman–Crippen MR) is 152 cm³/mol. The minimum absolute atomic E-state index is 0.0918. The molecule has 5 rings (SSSR count). The molecular formula is C30H29F3N6O3. The van der Waals surface area contributed by atoms with Crippen LogP contribution in [0.15, 0.2) is 60.8 Å². The smallest absolute Gasteiger partial charge is 0.418 e. The fourth-order valence-electron chi connectivity index (χ4n) is 4.40. The standard InChI is InChI=1S/C30H29F3N6O3/c1-17-5-7-18(8-6-17)39-25(16-24(38-39)29(2,3)4)36-28(41)35-22-11-9-19(15-21(22)30(31,32)33)42-23-13-14-34-27-20(23)10-12-26(40)37-27/h5-9,11,13-16H,10,12H2,1-4H3,(H,34,37,40)(H2,35,36,41). The molecule has 3 amide bonds. The van der Waals surface area contributed by atoms with Crippen LogP contribution >= 0.6 is 0 Å². The first-order valence-electron chi connectivity index (χ1n) is 13.2. The second-order valence-electron chi connectivity index (χ2n) is 11.0. The first-order valence-corrected chi connectivity index (χ1v) is 13.2. The van der Waals surface area contributed by atoms with E-state index in [4.69, 9.17) is 4.74 Å². The number of hydrogen-bond donors (Lipinski definition) is 3. The van der Waals surface area contributed by atoms with Crippen molar-refractivity contribution in [3.05, 3.63) is 83.2 Å². The number of carbonyl (C=O) groups is 2. The van der Waals surface area contributed by atoms with Crippen LogP contribution in [0.4, 0.5) is 35.3 Å². The zero-order chi connectivity index (χ0) is 30.2. The van der Waals surface area contributed by atoms with E-state index in [1.54, 1.807) is 10.7 Å². The highest BCUT2D eigenvalue weighted by molar-refractivity contribution is 6.00. The first kappa shape index (κ1) is 28.7. The molecule has 42 heavy (non-hydrogen) atoms. The van der Waals surface area contributed by atoms with Crippen LogP contribution < -0.4 is 20.7 Å². The van der Waals surface area contributed by atoms with Crippen molar-refractivity contribution in [3.63, 3.8) is 0 Å². The van der Waals surface area contributed by atoms with E-state index in [2.05, 4.69) is 26.0 Å². The molecule has 9 nitrogen and oxygen atoms in total. The lowest BCUT2D eigenvalue weighted by atomic mass is 9.92. The second-order valence-corrected chi connectivity index (χ2v) is 11.0. The number of nitrogens with one attached hydrogen (secondary N) is 3. The number of anilines is 3. The molecule has 2 aromatic carbocycles. The van der Waals surface area contributed by atoms with Crippen LogP contribution in [0.3, 0.4) is 0 Å². The van der Waals surface area contributed by atoms with Crippen molar-refractivity contribution in [1.82, 2.24) is 14.8 Å². The lowest BCUT2D eigenvalue weighted by Crippen LogP contribution is -2.23. The van der Waals surface area contributed by atoms with Gasteiger partial charge in [-0.2, -0.15) is 18.3 Å². The second kappa shape index (κ2) is 10.8. The average Bonchev–Trinajstić information content (AvgIpc) is 3.33. The zero-order valence-electron chi connectivity index (χ0n) is 23.4. The van der Waals surface area contributed by atoms with E-state index < -0.39 is 23.5 Å². The van der Waals surface area contributed by atoms with Gasteiger partial charge in [0.05, 0.1) is 22.6 Å². The lowest BCUT2D eigenvalue weighted by Gasteiger charge is -2.20. The largest absolute Gasteiger partial charge is 0.457 e. The number of amides is 3. The summed E-state index contributed by atoms with van der Waals surface area (Å²) in [4.78, 5) is 28.8. The number of pyridine rings is 1. The summed E-state index contributed by atoms with van der Waals surface area (Å²) in [6.07, 6.45) is -2.85. The summed E-state index contributed by atoms with van der Waals surface area (Å²) in [5.74, 6) is 0.604. The summed E-state index contributed by atoms with van der Waals surface area (Å²) in [5.41, 5.74) is 1.11. The van der Waals surface area contributed by atoms with Crippen molar-refractivity contribution in [2.24, 2.45) is 0 Å². The van der Waals surface area contributed by atoms with Gasteiger partial charge in [0.2, 0.25) is 5.91 Å². The third kappa shape index (κ3) is 6.22. The zero-order valence-corrected chi connectivity index (χ0v) is 23.4. The maximum Gasteiger partial charge on any atom is 0.418 e. The number of ether oxygens (including phenoxy) is 1. The molecule has 0 spiro atoms. The molecule has 12 heteroatoms. The summed E-state index contributed by atoms with van der Waals surface area (Å²) in [6.45, 7) is 7.85. The van der Waals surface area contributed by atoms with Gasteiger partial charge in [0.15, 0.2) is 0 Å². The summed E-state index contributed by atoms with van der Waals surface area (Å²) in [7, 11) is 0. The van der Waals surface area contributed by atoms with Gasteiger partial charge < -0.3 is 15.4 Å². The molecule has 0 radical (unpaired) electrons. The highest BCUT2D eigenvalue weighted by Gasteiger charge is 2.35. The fraction of sp³-hybridized carbons (Fsp3) is 0.267. The van der Waals surface area contributed by atoms with Gasteiger partial charge in [-0.25, -0.2) is 14.5 Å². The number of nitrogens with zero attached hydrogens (tertiary/aromatic N) is 3. The van der Waals surface area contributed by atoms with Gasteiger partial charge in [-0.3, -0.25) is 10.1 Å². The van der Waals surface area contributed by atoms with Crippen molar-refractivity contribution in [3.8, 4) is 17.2 Å². The van der Waals surface area contributed by atoms with Crippen LogP contribution in [0.25, 0.3) is 5.69 Å². The summed E-state index contributed by atoms with van der Waals surface area (Å²) in [6, 6.07) is 13.1. The van der Waals surface area contributed by atoms with Crippen LogP contribution in [0.1, 0.15) is 49.6 Å². The Balaban J connectivity index is 1.40. The van der Waals surface area contributed by atoms with E-state index in [1.807, 2.05) is 52.0 Å². The van der Waals surface area contributed by atoms with Crippen molar-refractivity contribution in [2.45, 2.75) is 52.1 Å². The molecule has 3 heterocycles.